The van der Waals surface area contributed by atoms with E-state index in [9.17, 15) is 4.79 Å². The average Bonchev–Trinajstić information content (AvgIpc) is 2.22. The third kappa shape index (κ3) is 5.57. The highest BCUT2D eigenvalue weighted by atomic mass is 16.6. The smallest absolute Gasteiger partial charge is 0.332 e. The summed E-state index contributed by atoms with van der Waals surface area (Å²) in [7, 11) is 0. The van der Waals surface area contributed by atoms with Gasteiger partial charge in [0.25, 0.3) is 0 Å². The zero-order chi connectivity index (χ0) is 9.36. The molecular weight excluding hydrogens is 176 g/mol. The zero-order valence-electron chi connectivity index (χ0n) is 7.49. The van der Waals surface area contributed by atoms with Crippen LogP contribution in [0.5, 0.6) is 0 Å². The van der Waals surface area contributed by atoms with Crippen LogP contribution in [0.1, 0.15) is 0 Å². The van der Waals surface area contributed by atoms with Crippen LogP contribution >= 0.6 is 0 Å². The molecule has 13 heavy (non-hydrogen) atoms. The van der Waals surface area contributed by atoms with E-state index in [0.29, 0.717) is 13.2 Å². The number of carbonyl (C=O) groups is 1. The van der Waals surface area contributed by atoms with Crippen molar-refractivity contribution in [1.29, 1.82) is 0 Å². The van der Waals surface area contributed by atoms with Crippen molar-refractivity contribution in [2.24, 2.45) is 0 Å². The molecule has 0 atom stereocenters. The van der Waals surface area contributed by atoms with Crippen molar-refractivity contribution < 1.29 is 23.7 Å². The van der Waals surface area contributed by atoms with Crippen molar-refractivity contribution in [3.63, 3.8) is 0 Å². The van der Waals surface area contributed by atoms with Crippen molar-refractivity contribution in [3.8, 4) is 0 Å². The summed E-state index contributed by atoms with van der Waals surface area (Å²) in [5, 5.41) is 0. The van der Waals surface area contributed by atoms with Gasteiger partial charge < -0.3 is 18.9 Å². The van der Waals surface area contributed by atoms with Gasteiger partial charge in [0, 0.05) is 0 Å². The maximum Gasteiger partial charge on any atom is 0.332 e. The number of ether oxygens (including phenoxy) is 4. The minimum Gasteiger partial charge on any atom is -0.462 e. The molecule has 2 saturated heterocycles. The van der Waals surface area contributed by atoms with Gasteiger partial charge >= 0.3 is 5.97 Å². The van der Waals surface area contributed by atoms with Crippen LogP contribution < -0.4 is 0 Å². The predicted octanol–water partition coefficient (Wildman–Crippen LogP) is -0.407. The molecular formula is C8H14O5. The molecule has 2 heterocycles. The van der Waals surface area contributed by atoms with Gasteiger partial charge in [-0.15, -0.1) is 0 Å². The molecule has 0 bridgehead atoms. The van der Waals surface area contributed by atoms with Crippen LogP contribution in [0.4, 0.5) is 0 Å². The van der Waals surface area contributed by atoms with Crippen LogP contribution in [0, 0.1) is 0 Å². The lowest BCUT2D eigenvalue weighted by Crippen LogP contribution is -2.22. The highest BCUT2D eigenvalue weighted by Gasteiger charge is 2.06. The molecule has 0 spiro atoms. The Kier molecular flexibility index (Phi) is 5.47. The summed E-state index contributed by atoms with van der Waals surface area (Å²) >= 11 is 0. The van der Waals surface area contributed by atoms with E-state index in [1.807, 2.05) is 0 Å². The predicted molar refractivity (Wildman–Crippen MR) is 43.4 cm³/mol. The van der Waals surface area contributed by atoms with Crippen LogP contribution in [-0.2, 0) is 23.7 Å². The molecule has 0 N–H and O–H groups in total. The SMILES string of the molecule is C1COCCO1.O=C1COCCO1. The largest absolute Gasteiger partial charge is 0.462 e. The molecule has 0 aromatic carbocycles. The maximum atomic E-state index is 10.1. The summed E-state index contributed by atoms with van der Waals surface area (Å²) in [6.45, 7) is 4.20. The van der Waals surface area contributed by atoms with E-state index in [1.165, 1.54) is 0 Å². The minimum absolute atomic E-state index is 0.125. The van der Waals surface area contributed by atoms with Crippen LogP contribution in [0.3, 0.4) is 0 Å². The first-order chi connectivity index (χ1) is 6.39. The molecule has 2 rings (SSSR count). The first-order valence-corrected chi connectivity index (χ1v) is 4.28. The maximum absolute atomic E-state index is 10.1. The average molecular weight is 190 g/mol. The van der Waals surface area contributed by atoms with Gasteiger partial charge in [-0.25, -0.2) is 4.79 Å². The van der Waals surface area contributed by atoms with E-state index < -0.39 is 0 Å². The first-order valence-electron chi connectivity index (χ1n) is 4.28. The molecule has 2 fully saturated rings. The number of hydrogen-bond donors (Lipinski definition) is 0. The molecule has 5 nitrogen and oxygen atoms in total. The topological polar surface area (TPSA) is 54.0 Å². The van der Waals surface area contributed by atoms with E-state index in [2.05, 4.69) is 4.74 Å². The van der Waals surface area contributed by atoms with Gasteiger partial charge in [-0.1, -0.05) is 0 Å². The molecule has 76 valence electrons. The van der Waals surface area contributed by atoms with Crippen molar-refractivity contribution in [1.82, 2.24) is 0 Å². The number of cyclic esters (lactones) is 1. The van der Waals surface area contributed by atoms with E-state index in [-0.39, 0.29) is 12.6 Å². The Balaban J connectivity index is 0.000000132. The molecule has 2 aliphatic heterocycles. The van der Waals surface area contributed by atoms with Crippen molar-refractivity contribution in [2.75, 3.05) is 46.2 Å². The van der Waals surface area contributed by atoms with Crippen molar-refractivity contribution >= 4 is 5.97 Å². The quantitative estimate of drug-likeness (QED) is 0.486. The lowest BCUT2D eigenvalue weighted by Gasteiger charge is -2.09. The second-order valence-corrected chi connectivity index (χ2v) is 2.50. The second kappa shape index (κ2) is 6.82. The molecule has 0 aromatic rings. The van der Waals surface area contributed by atoms with Crippen molar-refractivity contribution in [2.45, 2.75) is 0 Å². The lowest BCUT2D eigenvalue weighted by atomic mass is 10.6. The zero-order valence-corrected chi connectivity index (χ0v) is 7.49. The Bertz CT molecular complexity index is 124. The molecule has 0 unspecified atom stereocenters. The normalized spacial score (nSPS) is 22.6. The van der Waals surface area contributed by atoms with Crippen LogP contribution in [0.15, 0.2) is 0 Å². The highest BCUT2D eigenvalue weighted by molar-refractivity contribution is 5.71. The molecule has 0 aliphatic carbocycles. The van der Waals surface area contributed by atoms with E-state index in [0.717, 1.165) is 26.4 Å². The summed E-state index contributed by atoms with van der Waals surface area (Å²) in [6.07, 6.45) is 0. The summed E-state index contributed by atoms with van der Waals surface area (Å²) in [6, 6.07) is 0. The highest BCUT2D eigenvalue weighted by Crippen LogP contribution is 1.88. The standard InChI is InChI=1S/C4H6O3.C4H8O2/c5-4-3-6-1-2-7-4;1-2-6-4-3-5-1/h1-3H2;1-4H2. The fourth-order valence-corrected chi connectivity index (χ4v) is 0.851. The lowest BCUT2D eigenvalue weighted by molar-refractivity contribution is -0.159. The van der Waals surface area contributed by atoms with Gasteiger partial charge in [-0.3, -0.25) is 0 Å². The summed E-state index contributed by atoms with van der Waals surface area (Å²) in [4.78, 5) is 10.1. The number of hydrogen-bond acceptors (Lipinski definition) is 5. The van der Waals surface area contributed by atoms with Crippen molar-refractivity contribution in [3.05, 3.63) is 0 Å². The molecule has 5 heteroatoms. The summed E-state index contributed by atoms with van der Waals surface area (Å²) in [5.41, 5.74) is 0. The van der Waals surface area contributed by atoms with E-state index in [4.69, 9.17) is 14.2 Å². The van der Waals surface area contributed by atoms with Crippen LogP contribution in [0.2, 0.25) is 0 Å². The van der Waals surface area contributed by atoms with Crippen LogP contribution in [0.25, 0.3) is 0 Å². The van der Waals surface area contributed by atoms with E-state index in [1.54, 1.807) is 0 Å². The number of rotatable bonds is 0. The first kappa shape index (κ1) is 10.4. The molecule has 2 aliphatic rings. The number of carbonyl (C=O) groups excluding carboxylic acids is 1. The third-order valence-corrected chi connectivity index (χ3v) is 1.45. The van der Waals surface area contributed by atoms with E-state index >= 15 is 0 Å². The third-order valence-electron chi connectivity index (χ3n) is 1.45. The number of esters is 1. The van der Waals surface area contributed by atoms with Crippen LogP contribution in [-0.4, -0.2) is 52.2 Å². The van der Waals surface area contributed by atoms with Gasteiger partial charge in [0.05, 0.1) is 33.0 Å². The Morgan fingerprint density at radius 2 is 1.31 bits per heavy atom. The second-order valence-electron chi connectivity index (χ2n) is 2.50. The fraction of sp³-hybridized carbons (Fsp3) is 0.875. The molecule has 0 amide bonds. The monoisotopic (exact) mass is 190 g/mol. The Morgan fingerprint density at radius 1 is 0.769 bits per heavy atom. The van der Waals surface area contributed by atoms with Gasteiger partial charge in [0.1, 0.15) is 13.2 Å². The molecule has 0 radical (unpaired) electrons. The minimum atomic E-state index is -0.258. The molecule has 0 saturated carbocycles. The Labute approximate surface area is 76.9 Å². The molecule has 0 aromatic heterocycles. The Hall–Kier alpha value is -0.650. The van der Waals surface area contributed by atoms with Gasteiger partial charge in [0.15, 0.2) is 0 Å². The Morgan fingerprint density at radius 3 is 1.54 bits per heavy atom. The summed E-state index contributed by atoms with van der Waals surface area (Å²) < 4.78 is 19.1. The fourth-order valence-electron chi connectivity index (χ4n) is 0.851. The van der Waals surface area contributed by atoms with Gasteiger partial charge in [-0.05, 0) is 0 Å². The van der Waals surface area contributed by atoms with Gasteiger partial charge in [-0.2, -0.15) is 0 Å². The van der Waals surface area contributed by atoms with Gasteiger partial charge in [0.2, 0.25) is 0 Å². The summed E-state index contributed by atoms with van der Waals surface area (Å²) in [5.74, 6) is -0.258.